The Morgan fingerprint density at radius 2 is 1.74 bits per heavy atom. The van der Waals surface area contributed by atoms with E-state index in [-0.39, 0.29) is 29.5 Å². The Morgan fingerprint density at radius 1 is 1.06 bits per heavy atom. The number of carbonyl (C=O) groups excluding carboxylic acids is 3. The number of rotatable bonds is 7. The van der Waals surface area contributed by atoms with E-state index in [0.717, 1.165) is 23.3 Å². The predicted molar refractivity (Wildman–Crippen MR) is 129 cm³/mol. The van der Waals surface area contributed by atoms with E-state index in [1.807, 2.05) is 0 Å². The number of carbonyl (C=O) groups is 3. The van der Waals surface area contributed by atoms with Gasteiger partial charge in [-0.2, -0.15) is 0 Å². The fraction of sp³-hybridized carbons (Fsp3) is 0.292. The molecule has 1 saturated heterocycles. The molecule has 35 heavy (non-hydrogen) atoms. The molecule has 1 fully saturated rings. The van der Waals surface area contributed by atoms with Crippen LogP contribution in [0.3, 0.4) is 0 Å². The molecule has 2 heterocycles. The van der Waals surface area contributed by atoms with E-state index >= 15 is 0 Å². The lowest BCUT2D eigenvalue weighted by Gasteiger charge is -2.23. The van der Waals surface area contributed by atoms with Gasteiger partial charge in [-0.15, -0.1) is 10.2 Å². The summed E-state index contributed by atoms with van der Waals surface area (Å²) in [5.41, 5.74) is 1.84. The second-order valence-corrected chi connectivity index (χ2v) is 8.88. The van der Waals surface area contributed by atoms with Crippen molar-refractivity contribution in [1.29, 1.82) is 0 Å². The first-order valence-corrected chi connectivity index (χ1v) is 12.0. The first-order chi connectivity index (χ1) is 16.9. The maximum atomic E-state index is 13.1. The number of amides is 3. The molecule has 0 saturated carbocycles. The Bertz CT molecular complexity index is 1200. The number of ether oxygens (including phenoxy) is 1. The summed E-state index contributed by atoms with van der Waals surface area (Å²) in [6.45, 7) is 2.64. The van der Waals surface area contributed by atoms with Crippen LogP contribution in [0.2, 0.25) is 0 Å². The molecule has 2 aromatic carbocycles. The molecule has 1 unspecified atom stereocenters. The summed E-state index contributed by atoms with van der Waals surface area (Å²) in [5, 5.41) is 14.4. The van der Waals surface area contributed by atoms with Crippen LogP contribution in [0.15, 0.2) is 48.5 Å². The van der Waals surface area contributed by atoms with Crippen molar-refractivity contribution >= 4 is 40.6 Å². The smallest absolute Gasteiger partial charge is 0.322 e. The number of hydrogen-bond acceptors (Lipinski definition) is 7. The third kappa shape index (κ3) is 6.18. The molecule has 1 aliphatic rings. The molecule has 1 aromatic heterocycles. The number of anilines is 2. The van der Waals surface area contributed by atoms with Gasteiger partial charge in [0.2, 0.25) is 5.01 Å². The van der Waals surface area contributed by atoms with Crippen LogP contribution in [0.4, 0.5) is 20.6 Å². The van der Waals surface area contributed by atoms with E-state index in [2.05, 4.69) is 20.8 Å². The minimum atomic E-state index is -0.447. The molecule has 1 atom stereocenters. The predicted octanol–water partition coefficient (Wildman–Crippen LogP) is 4.40. The molecule has 3 aromatic rings. The fourth-order valence-corrected chi connectivity index (χ4v) is 4.61. The standard InChI is InChI=1S/C24H24FN5O4S/c1-2-34-20(31)14-15-5-9-18(10-6-15)27-24(33)30-13-3-4-19(30)22-28-29-23(35-22)21(32)26-17-11-7-16(25)8-12-17/h5-12,19H,2-4,13-14H2,1H3,(H,26,32)(H,27,33). The Hall–Kier alpha value is -3.86. The van der Waals surface area contributed by atoms with Crippen LogP contribution in [0.25, 0.3) is 0 Å². The molecule has 2 N–H and O–H groups in total. The summed E-state index contributed by atoms with van der Waals surface area (Å²) in [6, 6.07) is 11.9. The highest BCUT2D eigenvalue weighted by Crippen LogP contribution is 2.34. The quantitative estimate of drug-likeness (QED) is 0.468. The van der Waals surface area contributed by atoms with E-state index in [1.54, 1.807) is 36.1 Å². The Labute approximate surface area is 205 Å². The number of nitrogens with zero attached hydrogens (tertiary/aromatic N) is 3. The summed E-state index contributed by atoms with van der Waals surface area (Å²) in [4.78, 5) is 38.7. The molecular formula is C24H24FN5O4S. The zero-order valence-corrected chi connectivity index (χ0v) is 19.8. The van der Waals surface area contributed by atoms with Gasteiger partial charge in [0.25, 0.3) is 5.91 Å². The molecule has 0 bridgehead atoms. The third-order valence-electron chi connectivity index (χ3n) is 5.39. The number of nitrogens with one attached hydrogen (secondary N) is 2. The highest BCUT2D eigenvalue weighted by atomic mass is 32.1. The SMILES string of the molecule is CCOC(=O)Cc1ccc(NC(=O)N2CCCC2c2nnc(C(=O)Nc3ccc(F)cc3)s2)cc1. The molecule has 3 amide bonds. The monoisotopic (exact) mass is 497 g/mol. The molecular weight excluding hydrogens is 473 g/mol. The van der Waals surface area contributed by atoms with Crippen molar-refractivity contribution in [2.75, 3.05) is 23.8 Å². The molecule has 182 valence electrons. The van der Waals surface area contributed by atoms with Crippen LogP contribution in [0, 0.1) is 5.82 Å². The molecule has 9 nitrogen and oxygen atoms in total. The van der Waals surface area contributed by atoms with Gasteiger partial charge < -0.3 is 20.3 Å². The van der Waals surface area contributed by atoms with Gasteiger partial charge in [-0.05, 0) is 61.7 Å². The lowest BCUT2D eigenvalue weighted by Crippen LogP contribution is -2.34. The first-order valence-electron chi connectivity index (χ1n) is 11.2. The molecule has 0 spiro atoms. The topological polar surface area (TPSA) is 114 Å². The van der Waals surface area contributed by atoms with E-state index in [4.69, 9.17) is 4.74 Å². The lowest BCUT2D eigenvalue weighted by molar-refractivity contribution is -0.142. The van der Waals surface area contributed by atoms with Crippen LogP contribution in [0.1, 0.15) is 46.2 Å². The second-order valence-electron chi connectivity index (χ2n) is 7.87. The van der Waals surface area contributed by atoms with Crippen LogP contribution in [-0.4, -0.2) is 46.2 Å². The van der Waals surface area contributed by atoms with Gasteiger partial charge in [-0.3, -0.25) is 9.59 Å². The van der Waals surface area contributed by atoms with Crippen molar-refractivity contribution < 1.29 is 23.5 Å². The van der Waals surface area contributed by atoms with Crippen molar-refractivity contribution in [3.05, 3.63) is 69.9 Å². The normalized spacial score (nSPS) is 15.0. The first kappa shape index (κ1) is 24.3. The second kappa shape index (κ2) is 11.0. The number of likely N-dealkylation sites (tertiary alicyclic amines) is 1. The zero-order valence-electron chi connectivity index (χ0n) is 19.0. The van der Waals surface area contributed by atoms with Gasteiger partial charge in [0.05, 0.1) is 19.1 Å². The van der Waals surface area contributed by atoms with Crippen molar-refractivity contribution in [2.45, 2.75) is 32.2 Å². The van der Waals surface area contributed by atoms with Gasteiger partial charge in [0.1, 0.15) is 10.8 Å². The zero-order chi connectivity index (χ0) is 24.8. The average molecular weight is 498 g/mol. The maximum Gasteiger partial charge on any atom is 0.322 e. The van der Waals surface area contributed by atoms with E-state index < -0.39 is 11.7 Å². The van der Waals surface area contributed by atoms with Crippen LogP contribution in [0.5, 0.6) is 0 Å². The highest BCUT2D eigenvalue weighted by Gasteiger charge is 2.33. The molecule has 4 rings (SSSR count). The number of aromatic nitrogens is 2. The summed E-state index contributed by atoms with van der Waals surface area (Å²) in [7, 11) is 0. The molecule has 0 aliphatic carbocycles. The fourth-order valence-electron chi connectivity index (χ4n) is 3.73. The Balaban J connectivity index is 1.37. The van der Waals surface area contributed by atoms with E-state index in [1.165, 1.54) is 24.3 Å². The van der Waals surface area contributed by atoms with E-state index in [0.29, 0.717) is 36.0 Å². The number of urea groups is 1. The summed E-state index contributed by atoms with van der Waals surface area (Å²) in [5.74, 6) is -1.14. The van der Waals surface area contributed by atoms with Crippen molar-refractivity contribution in [2.24, 2.45) is 0 Å². The average Bonchev–Trinajstić information content (AvgIpc) is 3.52. The van der Waals surface area contributed by atoms with Crippen LogP contribution in [-0.2, 0) is 16.0 Å². The number of esters is 1. The van der Waals surface area contributed by atoms with Gasteiger partial charge in [-0.25, -0.2) is 9.18 Å². The summed E-state index contributed by atoms with van der Waals surface area (Å²) >= 11 is 1.13. The van der Waals surface area contributed by atoms with Gasteiger partial charge in [0, 0.05) is 17.9 Å². The largest absolute Gasteiger partial charge is 0.466 e. The van der Waals surface area contributed by atoms with Crippen molar-refractivity contribution in [3.8, 4) is 0 Å². The van der Waals surface area contributed by atoms with Gasteiger partial charge in [0.15, 0.2) is 0 Å². The Morgan fingerprint density at radius 3 is 2.46 bits per heavy atom. The maximum absolute atomic E-state index is 13.1. The molecule has 11 heteroatoms. The molecule has 1 aliphatic heterocycles. The summed E-state index contributed by atoms with van der Waals surface area (Å²) in [6.07, 6.45) is 1.68. The van der Waals surface area contributed by atoms with Crippen molar-refractivity contribution in [3.63, 3.8) is 0 Å². The van der Waals surface area contributed by atoms with Gasteiger partial charge in [-0.1, -0.05) is 23.5 Å². The van der Waals surface area contributed by atoms with Crippen molar-refractivity contribution in [1.82, 2.24) is 15.1 Å². The number of hydrogen-bond donors (Lipinski definition) is 2. The summed E-state index contributed by atoms with van der Waals surface area (Å²) < 4.78 is 18.0. The minimum Gasteiger partial charge on any atom is -0.466 e. The Kier molecular flexibility index (Phi) is 7.66. The van der Waals surface area contributed by atoms with Gasteiger partial charge >= 0.3 is 12.0 Å². The van der Waals surface area contributed by atoms with Crippen LogP contribution >= 0.6 is 11.3 Å². The van der Waals surface area contributed by atoms with Crippen LogP contribution < -0.4 is 10.6 Å². The molecule has 0 radical (unpaired) electrons. The highest BCUT2D eigenvalue weighted by molar-refractivity contribution is 7.13. The number of halogens is 1. The minimum absolute atomic E-state index is 0.161. The lowest BCUT2D eigenvalue weighted by atomic mass is 10.1. The van der Waals surface area contributed by atoms with E-state index in [9.17, 15) is 18.8 Å². The number of benzene rings is 2. The third-order valence-corrected chi connectivity index (χ3v) is 6.42.